The van der Waals surface area contributed by atoms with Gasteiger partial charge in [-0.05, 0) is 49.6 Å². The maximum absolute atomic E-state index is 12.0. The quantitative estimate of drug-likeness (QED) is 0.618. The van der Waals surface area contributed by atoms with Gasteiger partial charge in [0.2, 0.25) is 11.8 Å². The summed E-state index contributed by atoms with van der Waals surface area (Å²) in [5.74, 6) is -0.457. The molecule has 7 heteroatoms. The van der Waals surface area contributed by atoms with Crippen molar-refractivity contribution < 1.29 is 9.59 Å². The van der Waals surface area contributed by atoms with Crippen molar-refractivity contribution in [3.8, 4) is 0 Å². The van der Waals surface area contributed by atoms with Crippen LogP contribution in [0.25, 0.3) is 10.2 Å². The summed E-state index contributed by atoms with van der Waals surface area (Å²) >= 11 is 7.74. The van der Waals surface area contributed by atoms with E-state index in [1.807, 2.05) is 37.3 Å². The van der Waals surface area contributed by atoms with Gasteiger partial charge in [-0.15, -0.1) is 11.3 Å². The van der Waals surface area contributed by atoms with Crippen molar-refractivity contribution in [2.45, 2.75) is 26.2 Å². The third kappa shape index (κ3) is 5.52. The number of aryl methyl sites for hydroxylation is 2. The predicted octanol–water partition coefficient (Wildman–Crippen LogP) is 4.34. The smallest absolute Gasteiger partial charge is 0.243 e. The molecule has 0 atom stereocenters. The fraction of sp³-hybridized carbons (Fsp3) is 0.250. The van der Waals surface area contributed by atoms with Crippen molar-refractivity contribution in [2.75, 3.05) is 11.9 Å². The molecule has 2 aromatic carbocycles. The van der Waals surface area contributed by atoms with E-state index in [-0.39, 0.29) is 18.4 Å². The third-order valence-corrected chi connectivity index (χ3v) is 5.39. The maximum atomic E-state index is 12.0. The molecular weight excluding hydrogens is 382 g/mol. The van der Waals surface area contributed by atoms with Crippen molar-refractivity contribution in [3.63, 3.8) is 0 Å². The first-order chi connectivity index (χ1) is 13.0. The number of amides is 2. The Kier molecular flexibility index (Phi) is 6.42. The van der Waals surface area contributed by atoms with Gasteiger partial charge in [0.15, 0.2) is 0 Å². The number of fused-ring (bicyclic) bond motifs is 1. The van der Waals surface area contributed by atoms with Gasteiger partial charge in [-0.2, -0.15) is 0 Å². The van der Waals surface area contributed by atoms with Crippen LogP contribution in [0.15, 0.2) is 42.5 Å². The van der Waals surface area contributed by atoms with Crippen LogP contribution in [-0.4, -0.2) is 23.3 Å². The lowest BCUT2D eigenvalue weighted by molar-refractivity contribution is -0.124. The van der Waals surface area contributed by atoms with Gasteiger partial charge in [0.1, 0.15) is 0 Å². The summed E-state index contributed by atoms with van der Waals surface area (Å²) in [6.07, 6.45) is 1.80. The fourth-order valence-electron chi connectivity index (χ4n) is 2.61. The van der Waals surface area contributed by atoms with Crippen LogP contribution in [0.1, 0.15) is 23.4 Å². The maximum Gasteiger partial charge on any atom is 0.243 e. The monoisotopic (exact) mass is 401 g/mol. The molecular formula is C20H20ClN3O2S. The summed E-state index contributed by atoms with van der Waals surface area (Å²) in [5.41, 5.74) is 2.55. The molecule has 1 heterocycles. The normalized spacial score (nSPS) is 10.7. The van der Waals surface area contributed by atoms with Gasteiger partial charge in [0.05, 0.1) is 32.5 Å². The molecule has 0 bridgehead atoms. The van der Waals surface area contributed by atoms with Gasteiger partial charge in [0, 0.05) is 6.42 Å². The van der Waals surface area contributed by atoms with Gasteiger partial charge >= 0.3 is 0 Å². The second-order valence-corrected chi connectivity index (χ2v) is 7.76. The molecule has 0 fully saturated rings. The van der Waals surface area contributed by atoms with Crippen LogP contribution in [-0.2, 0) is 16.0 Å². The summed E-state index contributed by atoms with van der Waals surface area (Å²) in [6, 6.07) is 13.4. The Labute approximate surface area is 166 Å². The van der Waals surface area contributed by atoms with Crippen LogP contribution >= 0.6 is 22.9 Å². The molecule has 0 aliphatic rings. The Morgan fingerprint density at radius 1 is 1.15 bits per heavy atom. The molecule has 0 spiro atoms. The SMILES string of the molecule is Cc1ccc(NC(=O)CNC(=O)CCCc2nc3ccccc3s2)c(Cl)c1. The second-order valence-electron chi connectivity index (χ2n) is 6.24. The largest absolute Gasteiger partial charge is 0.347 e. The number of hydrogen-bond acceptors (Lipinski definition) is 4. The van der Waals surface area contributed by atoms with E-state index in [1.165, 1.54) is 0 Å². The lowest BCUT2D eigenvalue weighted by Crippen LogP contribution is -2.32. The van der Waals surface area contributed by atoms with Crippen molar-refractivity contribution in [2.24, 2.45) is 0 Å². The number of carbonyl (C=O) groups excluding carboxylic acids is 2. The minimum Gasteiger partial charge on any atom is -0.347 e. The van der Waals surface area contributed by atoms with Crippen molar-refractivity contribution in [1.29, 1.82) is 0 Å². The van der Waals surface area contributed by atoms with Crippen LogP contribution in [0, 0.1) is 6.92 Å². The van der Waals surface area contributed by atoms with Gasteiger partial charge in [-0.1, -0.05) is 29.8 Å². The van der Waals surface area contributed by atoms with Gasteiger partial charge < -0.3 is 10.6 Å². The van der Waals surface area contributed by atoms with Crippen LogP contribution in [0.2, 0.25) is 5.02 Å². The average Bonchev–Trinajstić information content (AvgIpc) is 3.05. The molecule has 140 valence electrons. The van der Waals surface area contributed by atoms with Crippen LogP contribution < -0.4 is 10.6 Å². The van der Waals surface area contributed by atoms with E-state index in [2.05, 4.69) is 15.6 Å². The van der Waals surface area contributed by atoms with Gasteiger partial charge in [0.25, 0.3) is 0 Å². The van der Waals surface area contributed by atoms with Gasteiger partial charge in [-0.3, -0.25) is 9.59 Å². The van der Waals surface area contributed by atoms with E-state index >= 15 is 0 Å². The molecule has 0 saturated carbocycles. The lowest BCUT2D eigenvalue weighted by Gasteiger charge is -2.09. The van der Waals surface area contributed by atoms with E-state index in [1.54, 1.807) is 23.5 Å². The summed E-state index contributed by atoms with van der Waals surface area (Å²) in [7, 11) is 0. The minimum absolute atomic E-state index is 0.0792. The summed E-state index contributed by atoms with van der Waals surface area (Å²) in [6.45, 7) is 1.84. The molecule has 0 unspecified atom stereocenters. The Balaban J connectivity index is 1.39. The Morgan fingerprint density at radius 3 is 2.74 bits per heavy atom. The molecule has 2 N–H and O–H groups in total. The summed E-state index contributed by atoms with van der Waals surface area (Å²) in [5, 5.41) is 6.83. The predicted molar refractivity (Wildman–Crippen MR) is 110 cm³/mol. The first kappa shape index (κ1) is 19.3. The van der Waals surface area contributed by atoms with Crippen LogP contribution in [0.4, 0.5) is 5.69 Å². The van der Waals surface area contributed by atoms with Crippen LogP contribution in [0.5, 0.6) is 0 Å². The number of nitrogens with one attached hydrogen (secondary N) is 2. The number of anilines is 1. The molecule has 3 rings (SSSR count). The number of carbonyl (C=O) groups is 2. The van der Waals surface area contributed by atoms with Crippen molar-refractivity contribution in [3.05, 3.63) is 58.1 Å². The van der Waals surface area contributed by atoms with E-state index < -0.39 is 0 Å². The molecule has 0 saturated heterocycles. The molecule has 0 aliphatic carbocycles. The molecule has 2 amide bonds. The zero-order valence-electron chi connectivity index (χ0n) is 14.9. The number of hydrogen-bond donors (Lipinski definition) is 2. The Hall–Kier alpha value is -2.44. The van der Waals surface area contributed by atoms with Crippen molar-refractivity contribution in [1.82, 2.24) is 10.3 Å². The van der Waals surface area contributed by atoms with Crippen molar-refractivity contribution >= 4 is 50.7 Å². The highest BCUT2D eigenvalue weighted by Crippen LogP contribution is 2.23. The minimum atomic E-state index is -0.305. The first-order valence-electron chi connectivity index (χ1n) is 8.68. The number of thiazole rings is 1. The highest BCUT2D eigenvalue weighted by atomic mass is 35.5. The number of aromatic nitrogens is 1. The Bertz CT molecular complexity index is 938. The molecule has 3 aromatic rings. The number of nitrogens with zero attached hydrogens (tertiary/aromatic N) is 1. The van der Waals surface area contributed by atoms with Crippen LogP contribution in [0.3, 0.4) is 0 Å². The molecule has 5 nitrogen and oxygen atoms in total. The lowest BCUT2D eigenvalue weighted by atomic mass is 10.2. The molecule has 27 heavy (non-hydrogen) atoms. The molecule has 1 aromatic heterocycles. The number of rotatable bonds is 7. The topological polar surface area (TPSA) is 71.1 Å². The number of halogens is 1. The second kappa shape index (κ2) is 8.97. The van der Waals surface area contributed by atoms with E-state index in [4.69, 9.17) is 11.6 Å². The molecule has 0 aliphatic heterocycles. The number of para-hydroxylation sites is 1. The molecule has 0 radical (unpaired) electrons. The summed E-state index contributed by atoms with van der Waals surface area (Å²) in [4.78, 5) is 28.5. The van der Waals surface area contributed by atoms with Gasteiger partial charge in [-0.25, -0.2) is 4.98 Å². The Morgan fingerprint density at radius 2 is 1.96 bits per heavy atom. The highest BCUT2D eigenvalue weighted by Gasteiger charge is 2.09. The fourth-order valence-corrected chi connectivity index (χ4v) is 3.90. The average molecular weight is 402 g/mol. The first-order valence-corrected chi connectivity index (χ1v) is 9.88. The zero-order chi connectivity index (χ0) is 19.2. The summed E-state index contributed by atoms with van der Waals surface area (Å²) < 4.78 is 1.16. The zero-order valence-corrected chi connectivity index (χ0v) is 16.5. The highest BCUT2D eigenvalue weighted by molar-refractivity contribution is 7.18. The third-order valence-electron chi connectivity index (χ3n) is 3.98. The van der Waals surface area contributed by atoms with E-state index in [9.17, 15) is 9.59 Å². The standard InChI is InChI=1S/C20H20ClN3O2S/c1-13-9-10-15(14(21)11-13)23-19(26)12-22-18(25)7-4-8-20-24-16-5-2-3-6-17(16)27-20/h2-3,5-6,9-11H,4,7-8,12H2,1H3,(H,22,25)(H,23,26). The number of benzene rings is 2. The van der Waals surface area contributed by atoms with E-state index in [0.717, 1.165) is 27.2 Å². The van der Waals surface area contributed by atoms with E-state index in [0.29, 0.717) is 23.6 Å².